The summed E-state index contributed by atoms with van der Waals surface area (Å²) in [6, 6.07) is 6.61. The summed E-state index contributed by atoms with van der Waals surface area (Å²) in [4.78, 5) is 36.3. The zero-order chi connectivity index (χ0) is 15.5. The molecule has 7 nitrogen and oxygen atoms in total. The van der Waals surface area contributed by atoms with E-state index in [1.54, 1.807) is 30.0 Å². The summed E-state index contributed by atoms with van der Waals surface area (Å²) in [6.45, 7) is 0.242. The molecule has 0 spiro atoms. The number of carbonyl (C=O) groups excluding carboxylic acids is 3. The smallest absolute Gasteiger partial charge is 0.324 e. The maximum absolute atomic E-state index is 12.1. The molecular formula is C14H16N4O3S. The molecule has 8 heteroatoms. The maximum Gasteiger partial charge on any atom is 0.324 e. The molecule has 2 fully saturated rings. The van der Waals surface area contributed by atoms with Crippen molar-refractivity contribution >= 4 is 35.3 Å². The Hall–Kier alpha value is -2.06. The van der Waals surface area contributed by atoms with E-state index in [2.05, 4.69) is 16.0 Å². The molecule has 1 atom stereocenters. The average molecular weight is 320 g/mol. The van der Waals surface area contributed by atoms with Gasteiger partial charge in [0.2, 0.25) is 11.8 Å². The first-order chi connectivity index (χ1) is 10.6. The van der Waals surface area contributed by atoms with Gasteiger partial charge in [0.25, 0.3) is 0 Å². The van der Waals surface area contributed by atoms with Crippen LogP contribution in [0, 0.1) is 0 Å². The van der Waals surface area contributed by atoms with Crippen molar-refractivity contribution in [3.8, 4) is 0 Å². The van der Waals surface area contributed by atoms with Crippen LogP contribution >= 0.6 is 11.8 Å². The van der Waals surface area contributed by atoms with E-state index in [0.29, 0.717) is 5.69 Å². The zero-order valence-electron chi connectivity index (χ0n) is 11.8. The normalized spacial score (nSPS) is 21.1. The van der Waals surface area contributed by atoms with Crippen LogP contribution in [0.1, 0.15) is 5.56 Å². The van der Waals surface area contributed by atoms with E-state index in [4.69, 9.17) is 0 Å². The van der Waals surface area contributed by atoms with Crippen LogP contribution in [-0.4, -0.2) is 47.0 Å². The van der Waals surface area contributed by atoms with Crippen molar-refractivity contribution in [1.29, 1.82) is 0 Å². The molecule has 1 aromatic rings. The van der Waals surface area contributed by atoms with Crippen LogP contribution in [0.4, 0.5) is 10.5 Å². The fourth-order valence-electron chi connectivity index (χ4n) is 2.34. The monoisotopic (exact) mass is 320 g/mol. The van der Waals surface area contributed by atoms with Crippen molar-refractivity contribution in [3.05, 3.63) is 29.8 Å². The SMILES string of the molecule is O=C(Nc1cccc(CN2C(=O)CNC2=O)c1)C1CSCN1. The van der Waals surface area contributed by atoms with Crippen LogP contribution in [-0.2, 0) is 16.1 Å². The number of thioether (sulfide) groups is 1. The van der Waals surface area contributed by atoms with Gasteiger partial charge in [-0.1, -0.05) is 12.1 Å². The first-order valence-corrected chi connectivity index (χ1v) is 8.08. The van der Waals surface area contributed by atoms with Crippen LogP contribution in [0.2, 0.25) is 0 Å². The van der Waals surface area contributed by atoms with Crippen LogP contribution < -0.4 is 16.0 Å². The lowest BCUT2D eigenvalue weighted by Gasteiger charge is -2.14. The van der Waals surface area contributed by atoms with Gasteiger partial charge in [-0.15, -0.1) is 11.8 Å². The Morgan fingerprint density at radius 1 is 1.41 bits per heavy atom. The van der Waals surface area contributed by atoms with Gasteiger partial charge in [-0.3, -0.25) is 19.8 Å². The zero-order valence-corrected chi connectivity index (χ0v) is 12.6. The lowest BCUT2D eigenvalue weighted by Crippen LogP contribution is -2.37. The lowest BCUT2D eigenvalue weighted by atomic mass is 10.2. The number of amides is 4. The van der Waals surface area contributed by atoms with Crippen LogP contribution in [0.25, 0.3) is 0 Å². The van der Waals surface area contributed by atoms with Gasteiger partial charge in [-0.2, -0.15) is 0 Å². The summed E-state index contributed by atoms with van der Waals surface area (Å²) >= 11 is 1.69. The molecule has 2 heterocycles. The van der Waals surface area contributed by atoms with Crippen LogP contribution in [0.15, 0.2) is 24.3 Å². The standard InChI is InChI=1S/C14H16N4O3S/c19-12-5-15-14(21)18(12)6-9-2-1-3-10(4-9)17-13(20)11-7-22-8-16-11/h1-4,11,16H,5-8H2,(H,15,21)(H,17,20). The van der Waals surface area contributed by atoms with E-state index in [1.807, 2.05) is 6.07 Å². The number of anilines is 1. The fourth-order valence-corrected chi connectivity index (χ4v) is 3.28. The fraction of sp³-hybridized carbons (Fsp3) is 0.357. The predicted molar refractivity (Wildman–Crippen MR) is 83.3 cm³/mol. The van der Waals surface area contributed by atoms with E-state index in [1.165, 1.54) is 0 Å². The van der Waals surface area contributed by atoms with Crippen molar-refractivity contribution < 1.29 is 14.4 Å². The van der Waals surface area contributed by atoms with Crippen molar-refractivity contribution in [2.75, 3.05) is 23.5 Å². The minimum Gasteiger partial charge on any atom is -0.329 e. The molecule has 2 saturated heterocycles. The number of carbonyl (C=O) groups is 3. The van der Waals surface area contributed by atoms with Crippen molar-refractivity contribution in [2.45, 2.75) is 12.6 Å². The van der Waals surface area contributed by atoms with E-state index in [9.17, 15) is 14.4 Å². The Morgan fingerprint density at radius 2 is 2.27 bits per heavy atom. The molecule has 0 bridgehead atoms. The second-order valence-electron chi connectivity index (χ2n) is 5.10. The summed E-state index contributed by atoms with van der Waals surface area (Å²) in [6.07, 6.45) is 0. The molecule has 2 aliphatic heterocycles. The number of hydrogen-bond donors (Lipinski definition) is 3. The number of benzene rings is 1. The van der Waals surface area contributed by atoms with Gasteiger partial charge in [0.1, 0.15) is 0 Å². The molecule has 4 amide bonds. The van der Waals surface area contributed by atoms with Gasteiger partial charge in [0.05, 0.1) is 19.1 Å². The van der Waals surface area contributed by atoms with Gasteiger partial charge >= 0.3 is 6.03 Å². The van der Waals surface area contributed by atoms with E-state index in [0.717, 1.165) is 22.1 Å². The Morgan fingerprint density at radius 3 is 2.95 bits per heavy atom. The lowest BCUT2D eigenvalue weighted by molar-refractivity contribution is -0.125. The summed E-state index contributed by atoms with van der Waals surface area (Å²) in [5, 5.41) is 8.44. The van der Waals surface area contributed by atoms with Crippen molar-refractivity contribution in [1.82, 2.24) is 15.5 Å². The number of nitrogens with zero attached hydrogens (tertiary/aromatic N) is 1. The second-order valence-corrected chi connectivity index (χ2v) is 6.13. The summed E-state index contributed by atoms with van der Waals surface area (Å²) in [5.41, 5.74) is 1.45. The topological polar surface area (TPSA) is 90.5 Å². The Labute approximate surface area is 131 Å². The highest BCUT2D eigenvalue weighted by molar-refractivity contribution is 7.99. The number of urea groups is 1. The Kier molecular flexibility index (Phi) is 4.30. The molecule has 0 saturated carbocycles. The molecule has 3 rings (SSSR count). The Bertz CT molecular complexity index is 600. The minimum absolute atomic E-state index is 0.0419. The predicted octanol–water partition coefficient (Wildman–Crippen LogP) is 0.339. The number of imide groups is 1. The molecule has 2 aliphatic rings. The van der Waals surface area contributed by atoms with Crippen LogP contribution in [0.3, 0.4) is 0 Å². The third-order valence-corrected chi connectivity index (χ3v) is 4.44. The molecular weight excluding hydrogens is 304 g/mol. The molecule has 116 valence electrons. The highest BCUT2D eigenvalue weighted by Gasteiger charge is 2.28. The maximum atomic E-state index is 12.1. The van der Waals surface area contributed by atoms with E-state index in [-0.39, 0.29) is 37.0 Å². The van der Waals surface area contributed by atoms with Crippen molar-refractivity contribution in [3.63, 3.8) is 0 Å². The quantitative estimate of drug-likeness (QED) is 0.696. The molecule has 0 aromatic heterocycles. The largest absolute Gasteiger partial charge is 0.329 e. The number of hydrogen-bond acceptors (Lipinski definition) is 5. The molecule has 3 N–H and O–H groups in total. The van der Waals surface area contributed by atoms with Gasteiger partial charge < -0.3 is 10.6 Å². The number of rotatable bonds is 4. The van der Waals surface area contributed by atoms with Crippen molar-refractivity contribution in [2.24, 2.45) is 0 Å². The Balaban J connectivity index is 1.66. The third-order valence-electron chi connectivity index (χ3n) is 3.51. The molecule has 1 unspecified atom stereocenters. The minimum atomic E-state index is -0.383. The third kappa shape index (κ3) is 3.23. The summed E-state index contributed by atoms with van der Waals surface area (Å²) in [5.74, 6) is 1.22. The van der Waals surface area contributed by atoms with Crippen LogP contribution in [0.5, 0.6) is 0 Å². The van der Waals surface area contributed by atoms with E-state index < -0.39 is 0 Å². The second kappa shape index (κ2) is 6.37. The summed E-state index contributed by atoms with van der Waals surface area (Å²) < 4.78 is 0. The van der Waals surface area contributed by atoms with E-state index >= 15 is 0 Å². The first kappa shape index (κ1) is 14.9. The molecule has 22 heavy (non-hydrogen) atoms. The molecule has 1 aromatic carbocycles. The highest BCUT2D eigenvalue weighted by Crippen LogP contribution is 2.16. The number of nitrogens with one attached hydrogen (secondary N) is 3. The summed E-state index contributed by atoms with van der Waals surface area (Å²) in [7, 11) is 0. The van der Waals surface area contributed by atoms with Gasteiger partial charge in [-0.05, 0) is 17.7 Å². The first-order valence-electron chi connectivity index (χ1n) is 6.92. The highest BCUT2D eigenvalue weighted by atomic mass is 32.2. The average Bonchev–Trinajstić information content (AvgIpc) is 3.13. The van der Waals surface area contributed by atoms with Gasteiger partial charge in [-0.25, -0.2) is 4.79 Å². The molecule has 0 radical (unpaired) electrons. The molecule has 0 aliphatic carbocycles. The van der Waals surface area contributed by atoms with Gasteiger partial charge in [0, 0.05) is 17.3 Å². The van der Waals surface area contributed by atoms with Gasteiger partial charge in [0.15, 0.2) is 0 Å².